The standard InChI is InChI=1S/C18H20F3N7/c19-18(20,21)15-11-26-17(27-14-6-5-13(9-22)25-10-14)28-16(15)24-8-2-7-23-12-3-1-4-12/h5-6,10-12,23H,1-4,7-8H2,(H2,24,26,27,28). The maximum Gasteiger partial charge on any atom is 0.421 e. The van der Waals surface area contributed by atoms with E-state index >= 15 is 0 Å². The Balaban J connectivity index is 1.64. The molecule has 1 fully saturated rings. The molecule has 2 heterocycles. The van der Waals surface area contributed by atoms with Crippen LogP contribution in [0.5, 0.6) is 0 Å². The molecule has 2 aromatic rings. The lowest BCUT2D eigenvalue weighted by molar-refractivity contribution is -0.137. The number of rotatable bonds is 8. The Labute approximate surface area is 160 Å². The first-order chi connectivity index (χ1) is 13.5. The van der Waals surface area contributed by atoms with Crippen LogP contribution in [0, 0.1) is 11.3 Å². The molecule has 148 valence electrons. The highest BCUT2D eigenvalue weighted by Gasteiger charge is 2.35. The summed E-state index contributed by atoms with van der Waals surface area (Å²) in [6, 6.07) is 5.49. The van der Waals surface area contributed by atoms with Gasteiger partial charge in [0, 0.05) is 18.8 Å². The molecule has 0 saturated heterocycles. The van der Waals surface area contributed by atoms with Gasteiger partial charge in [-0.3, -0.25) is 0 Å². The van der Waals surface area contributed by atoms with E-state index in [0.29, 0.717) is 24.7 Å². The molecule has 0 spiro atoms. The fourth-order valence-corrected chi connectivity index (χ4v) is 2.66. The van der Waals surface area contributed by atoms with E-state index in [0.717, 1.165) is 25.6 Å². The van der Waals surface area contributed by atoms with Crippen LogP contribution >= 0.6 is 0 Å². The van der Waals surface area contributed by atoms with Gasteiger partial charge in [0.05, 0.1) is 11.9 Å². The van der Waals surface area contributed by atoms with Crippen LogP contribution in [0.15, 0.2) is 24.5 Å². The molecule has 10 heteroatoms. The normalized spacial score (nSPS) is 14.2. The lowest BCUT2D eigenvalue weighted by Gasteiger charge is -2.26. The highest BCUT2D eigenvalue weighted by Crippen LogP contribution is 2.34. The maximum absolute atomic E-state index is 13.2. The van der Waals surface area contributed by atoms with E-state index in [1.807, 2.05) is 6.07 Å². The summed E-state index contributed by atoms with van der Waals surface area (Å²) in [5.74, 6) is -0.259. The molecule has 1 saturated carbocycles. The molecule has 3 rings (SSSR count). The van der Waals surface area contributed by atoms with Crippen molar-refractivity contribution in [1.82, 2.24) is 20.3 Å². The van der Waals surface area contributed by atoms with Crippen LogP contribution in [0.1, 0.15) is 36.9 Å². The SMILES string of the molecule is N#Cc1ccc(Nc2ncc(C(F)(F)F)c(NCCCNC3CCC3)n2)cn1. The van der Waals surface area contributed by atoms with Gasteiger partial charge in [0.15, 0.2) is 0 Å². The Bertz CT molecular complexity index is 827. The van der Waals surface area contributed by atoms with Crippen LogP contribution in [0.4, 0.5) is 30.6 Å². The number of nitriles is 1. The first-order valence-electron chi connectivity index (χ1n) is 9.00. The minimum Gasteiger partial charge on any atom is -0.369 e. The third-order valence-electron chi connectivity index (χ3n) is 4.41. The largest absolute Gasteiger partial charge is 0.421 e. The second-order valence-corrected chi connectivity index (χ2v) is 6.48. The van der Waals surface area contributed by atoms with Gasteiger partial charge in [-0.2, -0.15) is 23.4 Å². The van der Waals surface area contributed by atoms with E-state index in [-0.39, 0.29) is 17.5 Å². The van der Waals surface area contributed by atoms with Crippen LogP contribution in [0.25, 0.3) is 0 Å². The predicted octanol–water partition coefficient (Wildman–Crippen LogP) is 3.45. The highest BCUT2D eigenvalue weighted by molar-refractivity contribution is 5.56. The summed E-state index contributed by atoms with van der Waals surface area (Å²) < 4.78 is 39.7. The van der Waals surface area contributed by atoms with Crippen LogP contribution < -0.4 is 16.0 Å². The van der Waals surface area contributed by atoms with Crippen LogP contribution in [0.3, 0.4) is 0 Å². The van der Waals surface area contributed by atoms with Crippen molar-refractivity contribution in [3.05, 3.63) is 35.8 Å². The average molecular weight is 391 g/mol. The van der Waals surface area contributed by atoms with Crippen molar-refractivity contribution >= 4 is 17.5 Å². The van der Waals surface area contributed by atoms with Gasteiger partial charge in [0.1, 0.15) is 23.1 Å². The van der Waals surface area contributed by atoms with Crippen LogP contribution in [-0.4, -0.2) is 34.1 Å². The molecular weight excluding hydrogens is 371 g/mol. The third kappa shape index (κ3) is 5.29. The number of halogens is 3. The smallest absolute Gasteiger partial charge is 0.369 e. The van der Waals surface area contributed by atoms with Crippen LogP contribution in [-0.2, 0) is 6.18 Å². The lowest BCUT2D eigenvalue weighted by atomic mass is 9.93. The van der Waals surface area contributed by atoms with Crippen molar-refractivity contribution in [2.75, 3.05) is 23.7 Å². The summed E-state index contributed by atoms with van der Waals surface area (Å²) in [5.41, 5.74) is -0.214. The van der Waals surface area contributed by atoms with Crippen LogP contribution in [0.2, 0.25) is 0 Å². The Morgan fingerprint density at radius 3 is 2.57 bits per heavy atom. The van der Waals surface area contributed by atoms with E-state index in [4.69, 9.17) is 5.26 Å². The summed E-state index contributed by atoms with van der Waals surface area (Å²) in [7, 11) is 0. The summed E-state index contributed by atoms with van der Waals surface area (Å²) >= 11 is 0. The number of aromatic nitrogens is 3. The Kier molecular flexibility index (Phi) is 6.26. The van der Waals surface area contributed by atoms with Gasteiger partial charge in [-0.15, -0.1) is 0 Å². The van der Waals surface area contributed by atoms with Crippen molar-refractivity contribution < 1.29 is 13.2 Å². The van der Waals surface area contributed by atoms with Crippen molar-refractivity contribution in [1.29, 1.82) is 5.26 Å². The minimum absolute atomic E-state index is 0.00889. The quantitative estimate of drug-likeness (QED) is 0.593. The van der Waals surface area contributed by atoms with E-state index in [1.165, 1.54) is 18.7 Å². The minimum atomic E-state index is -4.55. The first kappa shape index (κ1) is 19.8. The summed E-state index contributed by atoms with van der Waals surface area (Å²) in [5, 5.41) is 17.7. The van der Waals surface area contributed by atoms with E-state index in [9.17, 15) is 13.2 Å². The third-order valence-corrected chi connectivity index (χ3v) is 4.41. The molecule has 3 N–H and O–H groups in total. The zero-order valence-electron chi connectivity index (χ0n) is 15.1. The van der Waals surface area contributed by atoms with Crippen molar-refractivity contribution in [2.45, 2.75) is 37.9 Å². The second kappa shape index (κ2) is 8.84. The Hall–Kier alpha value is -2.93. The zero-order valence-corrected chi connectivity index (χ0v) is 15.1. The number of alkyl halides is 3. The Morgan fingerprint density at radius 1 is 1.14 bits per heavy atom. The predicted molar refractivity (Wildman–Crippen MR) is 98.0 cm³/mol. The zero-order chi connectivity index (χ0) is 20.0. The second-order valence-electron chi connectivity index (χ2n) is 6.48. The maximum atomic E-state index is 13.2. The molecule has 0 atom stereocenters. The summed E-state index contributed by atoms with van der Waals surface area (Å²) in [6.07, 6.45) is 1.82. The molecule has 1 aliphatic carbocycles. The number of pyridine rings is 1. The van der Waals surface area contributed by atoms with Gasteiger partial charge in [0.25, 0.3) is 0 Å². The fourth-order valence-electron chi connectivity index (χ4n) is 2.66. The monoisotopic (exact) mass is 391 g/mol. The molecule has 0 bridgehead atoms. The number of nitrogens with zero attached hydrogens (tertiary/aromatic N) is 4. The van der Waals surface area contributed by atoms with E-state index < -0.39 is 11.7 Å². The number of hydrogen-bond acceptors (Lipinski definition) is 7. The lowest BCUT2D eigenvalue weighted by Crippen LogP contribution is -2.36. The average Bonchev–Trinajstić information content (AvgIpc) is 2.63. The molecule has 7 nitrogen and oxygen atoms in total. The number of hydrogen-bond donors (Lipinski definition) is 3. The first-order valence-corrected chi connectivity index (χ1v) is 9.00. The molecule has 0 amide bonds. The molecule has 0 aromatic carbocycles. The molecule has 0 radical (unpaired) electrons. The van der Waals surface area contributed by atoms with Gasteiger partial charge < -0.3 is 16.0 Å². The van der Waals surface area contributed by atoms with Gasteiger partial charge in [0.2, 0.25) is 5.95 Å². The van der Waals surface area contributed by atoms with Gasteiger partial charge in [-0.1, -0.05) is 6.42 Å². The van der Waals surface area contributed by atoms with Crippen molar-refractivity contribution in [3.63, 3.8) is 0 Å². The summed E-state index contributed by atoms with van der Waals surface area (Å²) in [6.45, 7) is 1.10. The molecule has 28 heavy (non-hydrogen) atoms. The number of nitrogens with one attached hydrogen (secondary N) is 3. The fraction of sp³-hybridized carbons (Fsp3) is 0.444. The van der Waals surface area contributed by atoms with Crippen molar-refractivity contribution in [3.8, 4) is 6.07 Å². The number of anilines is 3. The molecule has 0 unspecified atom stereocenters. The van der Waals surface area contributed by atoms with E-state index in [1.54, 1.807) is 6.07 Å². The summed E-state index contributed by atoms with van der Waals surface area (Å²) in [4.78, 5) is 11.6. The van der Waals surface area contributed by atoms with Gasteiger partial charge >= 0.3 is 6.18 Å². The highest BCUT2D eigenvalue weighted by atomic mass is 19.4. The van der Waals surface area contributed by atoms with E-state index in [2.05, 4.69) is 30.9 Å². The van der Waals surface area contributed by atoms with Crippen molar-refractivity contribution in [2.24, 2.45) is 0 Å². The van der Waals surface area contributed by atoms with Gasteiger partial charge in [-0.05, 0) is 37.9 Å². The Morgan fingerprint density at radius 2 is 1.96 bits per heavy atom. The molecular formula is C18H20F3N7. The molecule has 2 aromatic heterocycles. The van der Waals surface area contributed by atoms with Gasteiger partial charge in [-0.25, -0.2) is 9.97 Å². The molecule has 0 aliphatic heterocycles. The molecule has 1 aliphatic rings. The topological polar surface area (TPSA) is 98.5 Å².